The molecule has 3 aromatic carbocycles. The van der Waals surface area contributed by atoms with Crippen LogP contribution in [0.1, 0.15) is 41.3 Å². The molecule has 0 radical (unpaired) electrons. The number of carbonyl (C=O) groups is 2. The molecule has 4 nitrogen and oxygen atoms in total. The number of carbonyl (C=O) groups excluding carboxylic acids is 2. The molecule has 1 aliphatic heterocycles. The highest BCUT2D eigenvalue weighted by Gasteiger charge is 2.42. The first-order valence-corrected chi connectivity index (χ1v) is 10.1. The van der Waals surface area contributed by atoms with E-state index in [9.17, 15) is 9.59 Å². The van der Waals surface area contributed by atoms with Crippen LogP contribution in [-0.2, 0) is 9.53 Å². The summed E-state index contributed by atoms with van der Waals surface area (Å²) >= 11 is 0. The van der Waals surface area contributed by atoms with E-state index in [0.717, 1.165) is 33.3 Å². The summed E-state index contributed by atoms with van der Waals surface area (Å²) in [5.41, 5.74) is 5.07. The van der Waals surface area contributed by atoms with Gasteiger partial charge in [0.15, 0.2) is 5.78 Å². The van der Waals surface area contributed by atoms with Crippen molar-refractivity contribution in [2.24, 2.45) is 0 Å². The number of esters is 1. The molecule has 3 aromatic rings. The summed E-state index contributed by atoms with van der Waals surface area (Å²) in [6.07, 6.45) is 0. The lowest BCUT2D eigenvalue weighted by molar-refractivity contribution is -0.138. The molecule has 30 heavy (non-hydrogen) atoms. The Hall–Kier alpha value is -3.66. The Balaban J connectivity index is 1.74. The number of rotatable bonds is 3. The molecule has 1 aliphatic carbocycles. The van der Waals surface area contributed by atoms with Crippen molar-refractivity contribution in [3.63, 3.8) is 0 Å². The largest absolute Gasteiger partial charge is 0.463 e. The van der Waals surface area contributed by atoms with Crippen LogP contribution in [0.25, 0.3) is 16.5 Å². The number of nitrogens with one attached hydrogen (secondary N) is 1. The molecule has 148 valence electrons. The normalized spacial score (nSPS) is 17.7. The number of Topliss-reactive ketones (excluding diaryl/α,β-unsaturated/α-hetero) is 1. The van der Waals surface area contributed by atoms with E-state index in [-0.39, 0.29) is 12.4 Å². The van der Waals surface area contributed by atoms with Gasteiger partial charge in [0.05, 0.1) is 17.9 Å². The highest BCUT2D eigenvalue weighted by molar-refractivity contribution is 6.23. The third-order valence-electron chi connectivity index (χ3n) is 5.85. The number of hydrogen-bond donors (Lipinski definition) is 1. The maximum Gasteiger partial charge on any atom is 0.336 e. The van der Waals surface area contributed by atoms with Crippen molar-refractivity contribution >= 4 is 28.2 Å². The molecule has 1 atom stereocenters. The molecule has 0 aromatic heterocycles. The zero-order chi connectivity index (χ0) is 20.8. The van der Waals surface area contributed by atoms with E-state index in [2.05, 4.69) is 17.4 Å². The number of benzene rings is 3. The van der Waals surface area contributed by atoms with Crippen LogP contribution in [0.2, 0.25) is 0 Å². The lowest BCUT2D eigenvalue weighted by Gasteiger charge is -2.29. The first-order valence-electron chi connectivity index (χ1n) is 10.1. The second kappa shape index (κ2) is 6.99. The lowest BCUT2D eigenvalue weighted by atomic mass is 9.79. The maximum atomic E-state index is 13.4. The van der Waals surface area contributed by atoms with Crippen molar-refractivity contribution in [3.05, 3.63) is 100 Å². The van der Waals surface area contributed by atoms with E-state index >= 15 is 0 Å². The fraction of sp³-hybridized carbons (Fsp3) is 0.154. The number of ketones is 1. The molecule has 0 fully saturated rings. The van der Waals surface area contributed by atoms with Gasteiger partial charge in [0, 0.05) is 28.3 Å². The van der Waals surface area contributed by atoms with Crippen molar-refractivity contribution < 1.29 is 14.3 Å². The smallest absolute Gasteiger partial charge is 0.336 e. The van der Waals surface area contributed by atoms with E-state index in [1.165, 1.54) is 0 Å². The van der Waals surface area contributed by atoms with Crippen molar-refractivity contribution in [1.82, 2.24) is 5.32 Å². The van der Waals surface area contributed by atoms with Gasteiger partial charge >= 0.3 is 5.97 Å². The predicted octanol–water partition coefficient (Wildman–Crippen LogP) is 4.97. The maximum absolute atomic E-state index is 13.4. The minimum atomic E-state index is -0.482. The third kappa shape index (κ3) is 2.68. The molecule has 0 unspecified atom stereocenters. The zero-order valence-corrected chi connectivity index (χ0v) is 16.9. The van der Waals surface area contributed by atoms with Crippen LogP contribution in [0.4, 0.5) is 0 Å². The Morgan fingerprint density at radius 2 is 1.67 bits per heavy atom. The van der Waals surface area contributed by atoms with Crippen molar-refractivity contribution in [1.29, 1.82) is 0 Å². The van der Waals surface area contributed by atoms with Gasteiger partial charge in [-0.05, 0) is 30.2 Å². The van der Waals surface area contributed by atoms with E-state index in [4.69, 9.17) is 4.74 Å². The minimum Gasteiger partial charge on any atom is -0.463 e. The van der Waals surface area contributed by atoms with Crippen LogP contribution in [0.3, 0.4) is 0 Å². The number of dihydropyridines is 1. The van der Waals surface area contributed by atoms with Crippen LogP contribution in [-0.4, -0.2) is 18.4 Å². The molecule has 4 heteroatoms. The van der Waals surface area contributed by atoms with Gasteiger partial charge < -0.3 is 10.1 Å². The Labute approximate surface area is 174 Å². The third-order valence-corrected chi connectivity index (χ3v) is 5.85. The van der Waals surface area contributed by atoms with Crippen LogP contribution in [0.5, 0.6) is 0 Å². The summed E-state index contributed by atoms with van der Waals surface area (Å²) in [6, 6.07) is 21.8. The fourth-order valence-corrected chi connectivity index (χ4v) is 4.53. The summed E-state index contributed by atoms with van der Waals surface area (Å²) in [7, 11) is 0. The van der Waals surface area contributed by atoms with E-state index in [1.54, 1.807) is 6.92 Å². The second-order valence-corrected chi connectivity index (χ2v) is 7.59. The van der Waals surface area contributed by atoms with Crippen LogP contribution in [0, 0.1) is 0 Å². The van der Waals surface area contributed by atoms with Crippen LogP contribution >= 0.6 is 0 Å². The topological polar surface area (TPSA) is 55.4 Å². The first-order chi connectivity index (χ1) is 14.6. The number of allylic oxidation sites excluding steroid dienone is 2. The average molecular weight is 395 g/mol. The SMILES string of the molecule is CCOC(=O)C1=C(C)NC2=C(C(=O)c3ccccc32)[C@@H]1c1ccc2ccccc2c1. The van der Waals surface area contributed by atoms with Crippen LogP contribution < -0.4 is 5.32 Å². The Morgan fingerprint density at radius 1 is 0.967 bits per heavy atom. The van der Waals surface area contributed by atoms with E-state index < -0.39 is 11.9 Å². The van der Waals surface area contributed by atoms with E-state index in [1.807, 2.05) is 61.5 Å². The molecular formula is C26H21NO3. The monoisotopic (exact) mass is 395 g/mol. The molecular weight excluding hydrogens is 374 g/mol. The Bertz CT molecular complexity index is 1280. The molecule has 2 aliphatic rings. The molecule has 1 N–H and O–H groups in total. The van der Waals surface area contributed by atoms with Crippen molar-refractivity contribution in [2.45, 2.75) is 19.8 Å². The quantitative estimate of drug-likeness (QED) is 0.636. The van der Waals surface area contributed by atoms with Gasteiger partial charge in [-0.15, -0.1) is 0 Å². The number of fused-ring (bicyclic) bond motifs is 3. The summed E-state index contributed by atoms with van der Waals surface area (Å²) < 4.78 is 5.38. The number of hydrogen-bond acceptors (Lipinski definition) is 4. The molecule has 0 saturated heterocycles. The van der Waals surface area contributed by atoms with Gasteiger partial charge in [0.1, 0.15) is 0 Å². The van der Waals surface area contributed by atoms with Gasteiger partial charge in [-0.3, -0.25) is 4.79 Å². The summed E-state index contributed by atoms with van der Waals surface area (Å²) in [5.74, 6) is -0.915. The predicted molar refractivity (Wildman–Crippen MR) is 117 cm³/mol. The Morgan fingerprint density at radius 3 is 2.43 bits per heavy atom. The van der Waals surface area contributed by atoms with Gasteiger partial charge in [-0.1, -0.05) is 66.7 Å². The zero-order valence-electron chi connectivity index (χ0n) is 16.9. The lowest BCUT2D eigenvalue weighted by Crippen LogP contribution is -2.29. The van der Waals surface area contributed by atoms with Gasteiger partial charge in [0.25, 0.3) is 0 Å². The van der Waals surface area contributed by atoms with Gasteiger partial charge in [-0.2, -0.15) is 0 Å². The van der Waals surface area contributed by atoms with Gasteiger partial charge in [-0.25, -0.2) is 4.79 Å². The van der Waals surface area contributed by atoms with Crippen molar-refractivity contribution in [2.75, 3.05) is 6.61 Å². The summed E-state index contributed by atoms with van der Waals surface area (Å²) in [5, 5.41) is 5.51. The summed E-state index contributed by atoms with van der Waals surface area (Å²) in [6.45, 7) is 3.94. The van der Waals surface area contributed by atoms with Gasteiger partial charge in [0.2, 0.25) is 0 Å². The molecule has 0 spiro atoms. The average Bonchev–Trinajstić information content (AvgIpc) is 3.04. The second-order valence-electron chi connectivity index (χ2n) is 7.59. The summed E-state index contributed by atoms with van der Waals surface area (Å²) in [4.78, 5) is 26.4. The molecule has 1 heterocycles. The van der Waals surface area contributed by atoms with E-state index in [0.29, 0.717) is 16.7 Å². The Kier molecular flexibility index (Phi) is 4.28. The molecule has 0 saturated carbocycles. The van der Waals surface area contributed by atoms with Crippen molar-refractivity contribution in [3.8, 4) is 0 Å². The number of ether oxygens (including phenoxy) is 1. The first kappa shape index (κ1) is 18.4. The molecule has 0 bridgehead atoms. The highest BCUT2D eigenvalue weighted by Crippen LogP contribution is 2.47. The molecule has 0 amide bonds. The standard InChI is InChI=1S/C26H21NO3/c1-3-30-26(29)21-15(2)27-24-19-10-6-7-11-20(19)25(28)23(24)22(21)18-13-12-16-8-4-5-9-17(16)14-18/h4-14,22,27H,3H2,1-2H3/t22-/m1/s1. The highest BCUT2D eigenvalue weighted by atomic mass is 16.5. The van der Waals surface area contributed by atoms with Crippen LogP contribution in [0.15, 0.2) is 83.6 Å². The minimum absolute atomic E-state index is 0.0412. The molecule has 5 rings (SSSR count). The fourth-order valence-electron chi connectivity index (χ4n) is 4.53.